The summed E-state index contributed by atoms with van der Waals surface area (Å²) < 4.78 is 0. The van der Waals surface area contributed by atoms with Crippen molar-refractivity contribution < 1.29 is 0 Å². The summed E-state index contributed by atoms with van der Waals surface area (Å²) in [7, 11) is 0. The maximum atomic E-state index is 5.99. The number of nitrogens with one attached hydrogen (secondary N) is 1. The van der Waals surface area contributed by atoms with Gasteiger partial charge in [0.1, 0.15) is 0 Å². The fourth-order valence-corrected chi connectivity index (χ4v) is 2.46. The van der Waals surface area contributed by atoms with Gasteiger partial charge in [-0.05, 0) is 37.6 Å². The maximum Gasteiger partial charge on any atom is 0.159 e. The van der Waals surface area contributed by atoms with E-state index >= 15 is 0 Å². The van der Waals surface area contributed by atoms with Gasteiger partial charge < -0.3 is 5.32 Å². The van der Waals surface area contributed by atoms with Crippen molar-refractivity contribution in [2.45, 2.75) is 18.9 Å². The largest absolute Gasteiger partial charge is 0.309 e. The third-order valence-electron chi connectivity index (χ3n) is 3.18. The third-order valence-corrected chi connectivity index (χ3v) is 3.41. The Morgan fingerprint density at radius 2 is 2.16 bits per heavy atom. The molecular weight excluding hydrogens is 281 g/mol. The van der Waals surface area contributed by atoms with Gasteiger partial charge in [-0.2, -0.15) is 0 Å². The van der Waals surface area contributed by atoms with E-state index in [4.69, 9.17) is 11.6 Å². The number of benzene rings is 1. The van der Waals surface area contributed by atoms with E-state index in [1.54, 1.807) is 0 Å². The Labute approximate surface area is 123 Å². The minimum Gasteiger partial charge on any atom is -0.309 e. The molecule has 19 heavy (non-hydrogen) atoms. The van der Waals surface area contributed by atoms with E-state index in [-0.39, 0.29) is 12.4 Å². The molecule has 0 aliphatic carbocycles. The van der Waals surface area contributed by atoms with Gasteiger partial charge in [0, 0.05) is 22.8 Å². The zero-order chi connectivity index (χ0) is 12.4. The first-order chi connectivity index (χ1) is 8.83. The Bertz CT molecular complexity index is 554. The molecule has 0 radical (unpaired) electrons. The van der Waals surface area contributed by atoms with Crippen molar-refractivity contribution in [1.29, 1.82) is 0 Å². The molecule has 3 rings (SSSR count). The van der Waals surface area contributed by atoms with Gasteiger partial charge in [0.15, 0.2) is 5.82 Å². The highest BCUT2D eigenvalue weighted by molar-refractivity contribution is 6.30. The van der Waals surface area contributed by atoms with Crippen molar-refractivity contribution in [3.63, 3.8) is 0 Å². The van der Waals surface area contributed by atoms with E-state index in [9.17, 15) is 0 Å². The summed E-state index contributed by atoms with van der Waals surface area (Å²) in [5.41, 5.74) is 2.03. The Kier molecular flexibility index (Phi) is 4.75. The van der Waals surface area contributed by atoms with Gasteiger partial charge in [0.25, 0.3) is 0 Å². The molecule has 3 nitrogen and oxygen atoms in total. The van der Waals surface area contributed by atoms with Crippen molar-refractivity contribution in [2.75, 3.05) is 6.54 Å². The molecule has 0 amide bonds. The molecule has 1 unspecified atom stereocenters. The van der Waals surface area contributed by atoms with Gasteiger partial charge in [-0.15, -0.1) is 12.4 Å². The minimum absolute atomic E-state index is 0. The molecule has 2 heterocycles. The van der Waals surface area contributed by atoms with E-state index < -0.39 is 0 Å². The highest BCUT2D eigenvalue weighted by Crippen LogP contribution is 2.24. The van der Waals surface area contributed by atoms with Crippen LogP contribution in [0.5, 0.6) is 0 Å². The van der Waals surface area contributed by atoms with E-state index in [1.807, 2.05) is 36.5 Å². The second kappa shape index (κ2) is 6.33. The van der Waals surface area contributed by atoms with E-state index in [2.05, 4.69) is 15.3 Å². The van der Waals surface area contributed by atoms with Gasteiger partial charge in [0.05, 0.1) is 5.69 Å². The molecule has 5 heteroatoms. The van der Waals surface area contributed by atoms with Crippen LogP contribution in [-0.4, -0.2) is 16.5 Å². The predicted molar refractivity (Wildman–Crippen MR) is 79.7 cm³/mol. The average Bonchev–Trinajstić information content (AvgIpc) is 2.93. The monoisotopic (exact) mass is 295 g/mol. The molecule has 0 saturated carbocycles. The molecule has 0 bridgehead atoms. The Morgan fingerprint density at radius 3 is 2.89 bits per heavy atom. The molecule has 1 aromatic heterocycles. The lowest BCUT2D eigenvalue weighted by molar-refractivity contribution is 0.626. The van der Waals surface area contributed by atoms with Gasteiger partial charge >= 0.3 is 0 Å². The number of halogens is 2. The SMILES string of the molecule is Cl.Clc1cccc(-c2nccc(C3CCCN3)n2)c1. The minimum atomic E-state index is 0. The van der Waals surface area contributed by atoms with Crippen LogP contribution in [0.3, 0.4) is 0 Å². The summed E-state index contributed by atoms with van der Waals surface area (Å²) in [6.07, 6.45) is 4.17. The Balaban J connectivity index is 0.00000133. The van der Waals surface area contributed by atoms with Gasteiger partial charge in [-0.1, -0.05) is 23.7 Å². The maximum absolute atomic E-state index is 5.99. The average molecular weight is 296 g/mol. The molecule has 1 aliphatic heterocycles. The smallest absolute Gasteiger partial charge is 0.159 e. The number of nitrogens with zero attached hydrogens (tertiary/aromatic N) is 2. The van der Waals surface area contributed by atoms with Crippen molar-refractivity contribution in [3.05, 3.63) is 47.2 Å². The van der Waals surface area contributed by atoms with E-state index in [0.29, 0.717) is 11.1 Å². The van der Waals surface area contributed by atoms with Crippen LogP contribution in [0.4, 0.5) is 0 Å². The molecule has 0 spiro atoms. The molecule has 1 N–H and O–H groups in total. The second-order valence-corrected chi connectivity index (χ2v) is 4.90. The van der Waals surface area contributed by atoms with Gasteiger partial charge in [-0.3, -0.25) is 0 Å². The van der Waals surface area contributed by atoms with E-state index in [1.165, 1.54) is 6.42 Å². The van der Waals surface area contributed by atoms with Crippen LogP contribution < -0.4 is 5.32 Å². The lowest BCUT2D eigenvalue weighted by atomic mass is 10.1. The topological polar surface area (TPSA) is 37.8 Å². The van der Waals surface area contributed by atoms with Crippen LogP contribution in [0.25, 0.3) is 11.4 Å². The first-order valence-electron chi connectivity index (χ1n) is 6.15. The van der Waals surface area contributed by atoms with Gasteiger partial charge in [0.2, 0.25) is 0 Å². The van der Waals surface area contributed by atoms with Crippen molar-refractivity contribution in [2.24, 2.45) is 0 Å². The molecule has 1 aromatic carbocycles. The van der Waals surface area contributed by atoms with Crippen LogP contribution in [-0.2, 0) is 0 Å². The van der Waals surface area contributed by atoms with Crippen molar-refractivity contribution in [3.8, 4) is 11.4 Å². The number of aromatic nitrogens is 2. The van der Waals surface area contributed by atoms with Gasteiger partial charge in [-0.25, -0.2) is 9.97 Å². The predicted octanol–water partition coefficient (Wildman–Crippen LogP) is 3.64. The second-order valence-electron chi connectivity index (χ2n) is 4.46. The standard InChI is InChI=1S/C14H14ClN3.ClH/c15-11-4-1-3-10(9-11)14-17-8-6-13(18-14)12-5-2-7-16-12;/h1,3-4,6,8-9,12,16H,2,5,7H2;1H. The zero-order valence-electron chi connectivity index (χ0n) is 10.3. The first-order valence-corrected chi connectivity index (χ1v) is 6.53. The highest BCUT2D eigenvalue weighted by atomic mass is 35.5. The van der Waals surface area contributed by atoms with Crippen LogP contribution >= 0.6 is 24.0 Å². The molecule has 1 saturated heterocycles. The Hall–Kier alpha value is -1.16. The van der Waals surface area contributed by atoms with Crippen LogP contribution in [0.1, 0.15) is 24.6 Å². The quantitative estimate of drug-likeness (QED) is 0.919. The first kappa shape index (κ1) is 14.3. The summed E-state index contributed by atoms with van der Waals surface area (Å²) in [6, 6.07) is 9.99. The molecular formula is C14H15Cl2N3. The lowest BCUT2D eigenvalue weighted by Gasteiger charge is -2.10. The third kappa shape index (κ3) is 3.24. The van der Waals surface area contributed by atoms with Crippen LogP contribution in [0.15, 0.2) is 36.5 Å². The molecule has 100 valence electrons. The van der Waals surface area contributed by atoms with E-state index in [0.717, 1.165) is 30.0 Å². The molecule has 1 atom stereocenters. The summed E-state index contributed by atoms with van der Waals surface area (Å²) in [5, 5.41) is 4.16. The highest BCUT2D eigenvalue weighted by Gasteiger charge is 2.18. The summed E-state index contributed by atoms with van der Waals surface area (Å²) >= 11 is 5.99. The fraction of sp³-hybridized carbons (Fsp3) is 0.286. The normalized spacial score (nSPS) is 18.1. The fourth-order valence-electron chi connectivity index (χ4n) is 2.27. The molecule has 1 fully saturated rings. The number of hydrogen-bond donors (Lipinski definition) is 1. The van der Waals surface area contributed by atoms with Crippen molar-refractivity contribution >= 4 is 24.0 Å². The number of rotatable bonds is 2. The number of hydrogen-bond acceptors (Lipinski definition) is 3. The molecule has 1 aliphatic rings. The summed E-state index contributed by atoms with van der Waals surface area (Å²) in [5.74, 6) is 0.740. The summed E-state index contributed by atoms with van der Waals surface area (Å²) in [4.78, 5) is 8.96. The Morgan fingerprint density at radius 1 is 1.26 bits per heavy atom. The molecule has 2 aromatic rings. The zero-order valence-corrected chi connectivity index (χ0v) is 11.9. The lowest BCUT2D eigenvalue weighted by Crippen LogP contribution is -2.14. The van der Waals surface area contributed by atoms with Crippen LogP contribution in [0, 0.1) is 0 Å². The van der Waals surface area contributed by atoms with Crippen molar-refractivity contribution in [1.82, 2.24) is 15.3 Å². The van der Waals surface area contributed by atoms with Crippen LogP contribution in [0.2, 0.25) is 5.02 Å². The summed E-state index contributed by atoms with van der Waals surface area (Å²) in [6.45, 7) is 1.07.